The molecular formula is C20H26N4S. The fraction of sp³-hybridized carbons (Fsp3) is 0.500. The standard InChI is InChI=1S/C20H26N4S/c1-14-11-12-17(23(14)2)19-18(16-10-6-7-13-21-16)22-20(25)24(19)15-8-4-3-5-9-15/h6-7,10-13,15,18-19H,3-5,8-9H2,1-2H3,(H,22,25)/t18-,19-/m0/s1. The van der Waals surface area contributed by atoms with Gasteiger partial charge in [-0.25, -0.2) is 0 Å². The average molecular weight is 355 g/mol. The Hall–Kier alpha value is -1.88. The summed E-state index contributed by atoms with van der Waals surface area (Å²) in [7, 11) is 2.15. The summed E-state index contributed by atoms with van der Waals surface area (Å²) < 4.78 is 2.30. The van der Waals surface area contributed by atoms with Gasteiger partial charge in [0.1, 0.15) is 0 Å². The van der Waals surface area contributed by atoms with Crippen LogP contribution in [0, 0.1) is 6.92 Å². The molecule has 0 spiro atoms. The van der Waals surface area contributed by atoms with E-state index in [2.05, 4.69) is 58.0 Å². The minimum atomic E-state index is 0.101. The van der Waals surface area contributed by atoms with Gasteiger partial charge < -0.3 is 14.8 Å². The molecule has 25 heavy (non-hydrogen) atoms. The first-order valence-corrected chi connectivity index (χ1v) is 9.69. The average Bonchev–Trinajstić information content (AvgIpc) is 3.16. The van der Waals surface area contributed by atoms with Gasteiger partial charge in [-0.15, -0.1) is 0 Å². The first-order chi connectivity index (χ1) is 12.2. The van der Waals surface area contributed by atoms with Crippen LogP contribution in [0.5, 0.6) is 0 Å². The van der Waals surface area contributed by atoms with Crippen molar-refractivity contribution >= 4 is 17.3 Å². The van der Waals surface area contributed by atoms with Crippen molar-refractivity contribution in [3.05, 3.63) is 53.6 Å². The lowest BCUT2D eigenvalue weighted by atomic mass is 9.92. The molecule has 2 atom stereocenters. The van der Waals surface area contributed by atoms with E-state index in [1.54, 1.807) is 0 Å². The minimum absolute atomic E-state index is 0.101. The van der Waals surface area contributed by atoms with Crippen LogP contribution in [0.15, 0.2) is 36.5 Å². The monoisotopic (exact) mass is 354 g/mol. The molecule has 4 rings (SSSR count). The molecule has 1 saturated carbocycles. The van der Waals surface area contributed by atoms with Gasteiger partial charge in [0, 0.05) is 30.7 Å². The molecule has 5 heteroatoms. The van der Waals surface area contributed by atoms with Gasteiger partial charge in [0.15, 0.2) is 5.11 Å². The SMILES string of the molecule is Cc1ccc([C@H]2[C@H](c3ccccn3)NC(=S)N2C2CCCCC2)n1C. The van der Waals surface area contributed by atoms with Crippen molar-refractivity contribution in [2.45, 2.75) is 57.2 Å². The summed E-state index contributed by atoms with van der Waals surface area (Å²) in [5.74, 6) is 0. The lowest BCUT2D eigenvalue weighted by Crippen LogP contribution is -2.40. The number of nitrogens with one attached hydrogen (secondary N) is 1. The largest absolute Gasteiger partial charge is 0.352 e. The lowest BCUT2D eigenvalue weighted by Gasteiger charge is -2.37. The first kappa shape index (κ1) is 16.6. The Morgan fingerprint density at radius 2 is 1.92 bits per heavy atom. The van der Waals surface area contributed by atoms with Crippen molar-refractivity contribution in [2.24, 2.45) is 7.05 Å². The van der Waals surface area contributed by atoms with Crippen molar-refractivity contribution in [1.82, 2.24) is 19.8 Å². The third-order valence-electron chi connectivity index (χ3n) is 5.82. The molecule has 1 aliphatic heterocycles. The van der Waals surface area contributed by atoms with E-state index in [9.17, 15) is 0 Å². The second-order valence-electron chi connectivity index (χ2n) is 7.28. The smallest absolute Gasteiger partial charge is 0.170 e. The maximum absolute atomic E-state index is 5.80. The Morgan fingerprint density at radius 3 is 2.56 bits per heavy atom. The van der Waals surface area contributed by atoms with E-state index in [1.165, 1.54) is 43.5 Å². The van der Waals surface area contributed by atoms with Gasteiger partial charge in [-0.05, 0) is 56.2 Å². The molecule has 0 amide bonds. The van der Waals surface area contributed by atoms with Crippen LogP contribution in [0.25, 0.3) is 0 Å². The second kappa shape index (κ2) is 6.79. The predicted octanol–water partition coefficient (Wildman–Crippen LogP) is 4.03. The number of pyridine rings is 1. The molecule has 0 unspecified atom stereocenters. The third kappa shape index (κ3) is 2.95. The molecular weight excluding hydrogens is 328 g/mol. The summed E-state index contributed by atoms with van der Waals surface area (Å²) in [5, 5.41) is 4.47. The Morgan fingerprint density at radius 1 is 1.12 bits per heavy atom. The topological polar surface area (TPSA) is 33.1 Å². The summed E-state index contributed by atoms with van der Waals surface area (Å²) in [6, 6.07) is 11.4. The molecule has 2 aromatic rings. The van der Waals surface area contributed by atoms with E-state index in [4.69, 9.17) is 12.2 Å². The fourth-order valence-electron chi connectivity index (χ4n) is 4.36. The lowest BCUT2D eigenvalue weighted by molar-refractivity contribution is 0.192. The highest BCUT2D eigenvalue weighted by Crippen LogP contribution is 2.42. The van der Waals surface area contributed by atoms with Gasteiger partial charge in [-0.2, -0.15) is 0 Å². The van der Waals surface area contributed by atoms with E-state index >= 15 is 0 Å². The molecule has 0 radical (unpaired) electrons. The highest BCUT2D eigenvalue weighted by Gasteiger charge is 2.44. The molecule has 0 bridgehead atoms. The molecule has 1 aliphatic carbocycles. The van der Waals surface area contributed by atoms with Crippen LogP contribution in [0.4, 0.5) is 0 Å². The normalized spacial score (nSPS) is 24.6. The Labute approximate surface area is 155 Å². The van der Waals surface area contributed by atoms with Gasteiger partial charge in [0.25, 0.3) is 0 Å². The number of rotatable bonds is 3. The molecule has 3 heterocycles. The van der Waals surface area contributed by atoms with Crippen LogP contribution in [0.1, 0.15) is 61.3 Å². The highest BCUT2D eigenvalue weighted by atomic mass is 32.1. The number of aryl methyl sites for hydroxylation is 1. The number of aromatic nitrogens is 2. The van der Waals surface area contributed by atoms with Crippen molar-refractivity contribution in [3.8, 4) is 0 Å². The maximum Gasteiger partial charge on any atom is 0.170 e. The van der Waals surface area contributed by atoms with Crippen molar-refractivity contribution in [1.29, 1.82) is 0 Å². The molecule has 1 N–H and O–H groups in total. The van der Waals surface area contributed by atoms with Crippen LogP contribution in [0.2, 0.25) is 0 Å². The van der Waals surface area contributed by atoms with Gasteiger partial charge in [0.2, 0.25) is 0 Å². The summed E-state index contributed by atoms with van der Waals surface area (Å²) in [4.78, 5) is 7.10. The van der Waals surface area contributed by atoms with E-state index in [-0.39, 0.29) is 12.1 Å². The van der Waals surface area contributed by atoms with Crippen molar-refractivity contribution < 1.29 is 0 Å². The highest BCUT2D eigenvalue weighted by molar-refractivity contribution is 7.80. The summed E-state index contributed by atoms with van der Waals surface area (Å²) >= 11 is 5.80. The molecule has 2 aromatic heterocycles. The second-order valence-corrected chi connectivity index (χ2v) is 7.67. The third-order valence-corrected chi connectivity index (χ3v) is 6.15. The fourth-order valence-corrected chi connectivity index (χ4v) is 4.75. The zero-order chi connectivity index (χ0) is 17.4. The number of thiocarbonyl (C=S) groups is 1. The van der Waals surface area contributed by atoms with Crippen LogP contribution >= 0.6 is 12.2 Å². The zero-order valence-electron chi connectivity index (χ0n) is 15.0. The van der Waals surface area contributed by atoms with E-state index in [0.29, 0.717) is 6.04 Å². The van der Waals surface area contributed by atoms with Gasteiger partial charge in [-0.3, -0.25) is 4.98 Å². The summed E-state index contributed by atoms with van der Waals surface area (Å²) in [6.07, 6.45) is 8.29. The summed E-state index contributed by atoms with van der Waals surface area (Å²) in [5.41, 5.74) is 3.65. The molecule has 4 nitrogen and oxygen atoms in total. The zero-order valence-corrected chi connectivity index (χ0v) is 15.8. The molecule has 2 aliphatic rings. The quantitative estimate of drug-likeness (QED) is 0.844. The maximum atomic E-state index is 5.80. The molecule has 2 fully saturated rings. The Balaban J connectivity index is 1.77. The minimum Gasteiger partial charge on any atom is -0.352 e. The van der Waals surface area contributed by atoms with Gasteiger partial charge >= 0.3 is 0 Å². The first-order valence-electron chi connectivity index (χ1n) is 9.29. The molecule has 132 valence electrons. The van der Waals surface area contributed by atoms with Crippen molar-refractivity contribution in [3.63, 3.8) is 0 Å². The molecule has 0 aromatic carbocycles. The van der Waals surface area contributed by atoms with Crippen LogP contribution in [-0.2, 0) is 7.05 Å². The Bertz CT molecular complexity index is 748. The Kier molecular flexibility index (Phi) is 4.50. The van der Waals surface area contributed by atoms with Crippen LogP contribution in [-0.4, -0.2) is 25.6 Å². The van der Waals surface area contributed by atoms with Crippen molar-refractivity contribution in [2.75, 3.05) is 0 Å². The number of hydrogen-bond donors (Lipinski definition) is 1. The van der Waals surface area contributed by atoms with E-state index in [0.717, 1.165) is 10.8 Å². The summed E-state index contributed by atoms with van der Waals surface area (Å²) in [6.45, 7) is 2.16. The number of nitrogens with zero attached hydrogens (tertiary/aromatic N) is 3. The van der Waals surface area contributed by atoms with E-state index in [1.807, 2.05) is 12.3 Å². The predicted molar refractivity (Wildman–Crippen MR) is 104 cm³/mol. The van der Waals surface area contributed by atoms with Crippen LogP contribution < -0.4 is 5.32 Å². The van der Waals surface area contributed by atoms with Crippen LogP contribution in [0.3, 0.4) is 0 Å². The number of hydrogen-bond acceptors (Lipinski definition) is 2. The van der Waals surface area contributed by atoms with Gasteiger partial charge in [-0.1, -0.05) is 25.3 Å². The van der Waals surface area contributed by atoms with E-state index < -0.39 is 0 Å². The molecule has 1 saturated heterocycles. The van der Waals surface area contributed by atoms with Gasteiger partial charge in [0.05, 0.1) is 17.8 Å².